The lowest BCUT2D eigenvalue weighted by molar-refractivity contribution is -0.370. The Kier molecular flexibility index (Phi) is 37.3. The van der Waals surface area contributed by atoms with E-state index in [0.717, 1.165) is 12.0 Å². The number of carbonyl (C=O) groups is 6. The van der Waals surface area contributed by atoms with Crippen LogP contribution in [0.4, 0.5) is 0 Å². The van der Waals surface area contributed by atoms with Crippen LogP contribution in [0.5, 0.6) is 0 Å². The van der Waals surface area contributed by atoms with Crippen molar-refractivity contribution in [3.05, 3.63) is 262 Å². The number of aliphatic hydroxyl groups excluding tert-OH is 1. The van der Waals surface area contributed by atoms with Gasteiger partial charge in [-0.15, -0.1) is 0 Å². The van der Waals surface area contributed by atoms with E-state index < -0.39 is 243 Å². The van der Waals surface area contributed by atoms with E-state index in [2.05, 4.69) is 10.0 Å². The predicted molar refractivity (Wildman–Crippen MR) is 509 cm³/mol. The number of unbranched alkanes of at least 4 members (excludes halogenated alkanes) is 2. The molecule has 8 saturated heterocycles. The molecule has 0 aromatic heterocycles. The molecule has 0 radical (unpaired) electrons. The summed E-state index contributed by atoms with van der Waals surface area (Å²) < 4.78 is 153. The average molecular weight is 1950 g/mol. The number of ether oxygens (including phenoxy) is 22. The average Bonchev–Trinajstić information content (AvgIpc) is 1.62. The Balaban J connectivity index is 0.770. The summed E-state index contributed by atoms with van der Waals surface area (Å²) in [4.78, 5) is 90.2. The maximum absolute atomic E-state index is 15.4. The van der Waals surface area contributed by atoms with Crippen LogP contribution in [0.2, 0.25) is 0 Å². The van der Waals surface area contributed by atoms with Crippen LogP contribution in [0.3, 0.4) is 0 Å². The van der Waals surface area contributed by atoms with Crippen molar-refractivity contribution in [2.75, 3.05) is 39.6 Å². The van der Waals surface area contributed by atoms with Gasteiger partial charge in [0.25, 0.3) is 0 Å². The van der Waals surface area contributed by atoms with Crippen molar-refractivity contribution in [1.29, 1.82) is 0 Å². The first-order chi connectivity index (χ1) is 68.3. The zero-order chi connectivity index (χ0) is 99.5. The van der Waals surface area contributed by atoms with Crippen LogP contribution < -0.4 is 0 Å². The number of carbonyl (C=O) groups excluding carboxylic acids is 6. The lowest BCUT2D eigenvalue weighted by Gasteiger charge is -2.49. The van der Waals surface area contributed by atoms with Gasteiger partial charge < -0.3 is 109 Å². The molecule has 8 aliphatic rings. The molecule has 0 aliphatic carbocycles. The van der Waals surface area contributed by atoms with Gasteiger partial charge in [0.2, 0.25) is 0 Å². The first-order valence-electron chi connectivity index (χ1n) is 49.9. The summed E-state index contributed by atoms with van der Waals surface area (Å²) >= 11 is 0. The van der Waals surface area contributed by atoms with Crippen LogP contribution in [-0.2, 0) is 104 Å². The van der Waals surface area contributed by atoms with Crippen molar-refractivity contribution < 1.29 is 138 Å². The molecular formula is C109H135N3O29. The van der Waals surface area contributed by atoms with Gasteiger partial charge >= 0.3 is 35.8 Å². The van der Waals surface area contributed by atoms with Gasteiger partial charge in [-0.1, -0.05) is 260 Å². The zero-order valence-corrected chi connectivity index (χ0v) is 82.2. The minimum absolute atomic E-state index is 0.0944. The monoisotopic (exact) mass is 1950 g/mol. The second-order valence-electron chi connectivity index (χ2n) is 38.5. The molecule has 760 valence electrons. The molecule has 1 N–H and O–H groups in total. The van der Waals surface area contributed by atoms with Gasteiger partial charge in [-0.05, 0) is 109 Å². The molecular weight excluding hydrogens is 1820 g/mol. The van der Waals surface area contributed by atoms with Gasteiger partial charge in [0.1, 0.15) is 50.3 Å². The fourth-order valence-corrected chi connectivity index (χ4v) is 19.8. The van der Waals surface area contributed by atoms with E-state index >= 15 is 9.59 Å². The molecule has 8 aliphatic heterocycles. The molecule has 141 heavy (non-hydrogen) atoms. The number of rotatable bonds is 41. The highest BCUT2D eigenvalue weighted by atomic mass is 16.8. The summed E-state index contributed by atoms with van der Waals surface area (Å²) in [5, 5.41) is 15.8. The van der Waals surface area contributed by atoms with Crippen LogP contribution in [0.15, 0.2) is 217 Å². The van der Waals surface area contributed by atoms with E-state index in [1.165, 1.54) is 0 Å². The molecule has 8 fully saturated rings. The molecule has 0 spiro atoms. The summed E-state index contributed by atoms with van der Waals surface area (Å²) in [6.45, 7) is 24.9. The Bertz CT molecular complexity index is 5160. The molecule has 0 bridgehead atoms. The minimum Gasteiger partial charge on any atom is -0.459 e. The van der Waals surface area contributed by atoms with E-state index in [4.69, 9.17) is 110 Å². The third-order valence-corrected chi connectivity index (χ3v) is 29.0. The quantitative estimate of drug-likeness (QED) is 0.00928. The Morgan fingerprint density at radius 3 is 1.03 bits per heavy atom. The first kappa shape index (κ1) is 105. The summed E-state index contributed by atoms with van der Waals surface area (Å²) in [5.41, 5.74) is 11.2. The number of esters is 6. The van der Waals surface area contributed by atoms with Crippen molar-refractivity contribution in [3.8, 4) is 0 Å². The van der Waals surface area contributed by atoms with Gasteiger partial charge in [0, 0.05) is 65.1 Å². The van der Waals surface area contributed by atoms with E-state index in [0.29, 0.717) is 50.8 Å². The second-order valence-corrected chi connectivity index (χ2v) is 38.5. The lowest BCUT2D eigenvalue weighted by atomic mass is 9.85. The van der Waals surface area contributed by atoms with E-state index in [9.17, 15) is 24.3 Å². The first-order valence-corrected chi connectivity index (χ1v) is 49.9. The number of hydrogen-bond donors (Lipinski definition) is 1. The van der Waals surface area contributed by atoms with Crippen LogP contribution in [0.25, 0.3) is 10.4 Å². The number of azide groups is 1. The van der Waals surface area contributed by atoms with Gasteiger partial charge in [-0.3, -0.25) is 0 Å². The number of fused-ring (bicyclic) bond motifs is 1. The Morgan fingerprint density at radius 2 is 0.674 bits per heavy atom. The zero-order valence-electron chi connectivity index (χ0n) is 82.2. The van der Waals surface area contributed by atoms with Crippen LogP contribution in [0.1, 0.15) is 203 Å². The van der Waals surface area contributed by atoms with Crippen LogP contribution >= 0.6 is 0 Å². The van der Waals surface area contributed by atoms with Crippen molar-refractivity contribution in [2.45, 2.75) is 289 Å². The van der Waals surface area contributed by atoms with Gasteiger partial charge in [0.15, 0.2) is 68.6 Å². The maximum Gasteiger partial charge on any atom is 0.338 e. The predicted octanol–water partition coefficient (Wildman–Crippen LogP) is 17.2. The molecule has 33 unspecified atom stereocenters. The Hall–Kier alpha value is -10.0. The van der Waals surface area contributed by atoms with Crippen molar-refractivity contribution >= 4 is 35.8 Å². The standard InChI is InChI=1S/C109H135N3O29/c1-14-61(4)83-90(139-103-67(10)82(113)64(7)78(125-103)57-121-96(114)71-41-25-17-26-42-71)93(129-99(117)74-47-31-20-32-48-74)107(132-83)135-86-65(8)79(58-122-97(115)72-43-27-18-28-44-72)126-104(68(86)11)140-91-84(62(5)15-2)133-108(94(91)130-100(118)75-49-33-21-34-50-75)136-87-66(9)80(59-123-98(116)73-45-29-19-30-46-73)127-105(69(87)12)141-92-85(63(6)16-3)134-109(95(92)131-101(119)76-51-35-22-36-52-76)137-88-70(13)102(120-56-40-24-39-55-111-112-110)128-81-60-124-106(138-89(81)88)77-53-37-23-38-54-77/h17-23,25-38,41-54,61-70,78-95,102-109,113H,14-16,24,39-40,55-60H2,1-13H3/t61-,62-,63-,64?,65?,66?,67?,68?,69?,70?,78?,79?,80?,81?,82?,83?,84?,85?,86?,87?,88?,89?,90?,91?,92?,93?,94?,95?,102?,103?,104?,105?,106?,107?,108?,109?/m1/s1. The fourth-order valence-electron chi connectivity index (χ4n) is 19.8. The fraction of sp³-hybridized carbons (Fsp3) is 0.560. The highest BCUT2D eigenvalue weighted by Gasteiger charge is 2.62. The normalized spacial score (nSPS) is 34.1. The number of hydrogen-bond acceptors (Lipinski definition) is 30. The van der Waals surface area contributed by atoms with Gasteiger partial charge in [-0.25, -0.2) is 28.8 Å². The van der Waals surface area contributed by atoms with Gasteiger partial charge in [0.05, 0.1) is 101 Å². The van der Waals surface area contributed by atoms with Crippen molar-refractivity contribution in [2.24, 2.45) is 64.3 Å². The SMILES string of the molecule is CC[C@@H](C)C1OC(OC2C(C)C(COC(=O)c3ccccc3)OC(OC3C(OC(=O)c4ccccc4)C(OC4C(C)C(COC(=O)c5ccccc5)OC(OC5C(OC(=O)c6ccccc6)C(OC6C(C)C(OCCCCCN=[N+]=[N-])OC7COC(c8ccccc8)OC76)OC5[C@H](C)CC)C4C)OC3[C@H](C)CC)C2C)C(OC(=O)c2ccccc2)C1OC1OC(COC(=O)c2ccccc2)C(C)C(O)C1C. The Morgan fingerprint density at radius 1 is 0.355 bits per heavy atom. The van der Waals surface area contributed by atoms with Crippen LogP contribution in [-0.4, -0.2) is 234 Å². The lowest BCUT2D eigenvalue weighted by Crippen LogP contribution is -2.61. The topological polar surface area (TPSA) is 374 Å². The molecule has 7 aromatic carbocycles. The van der Waals surface area contributed by atoms with Gasteiger partial charge in [-0.2, -0.15) is 0 Å². The summed E-state index contributed by atoms with van der Waals surface area (Å²) in [7, 11) is 0. The molecule has 32 nitrogen and oxygen atoms in total. The third-order valence-electron chi connectivity index (χ3n) is 29.0. The highest BCUT2D eigenvalue weighted by Crippen LogP contribution is 2.49. The minimum atomic E-state index is -1.49. The molecule has 8 heterocycles. The van der Waals surface area contributed by atoms with E-state index in [-0.39, 0.29) is 66.1 Å². The highest BCUT2D eigenvalue weighted by molar-refractivity contribution is 5.92. The van der Waals surface area contributed by atoms with Crippen LogP contribution in [0, 0.1) is 59.2 Å². The molecule has 7 aromatic rings. The second kappa shape index (κ2) is 50.0. The van der Waals surface area contributed by atoms with Crippen molar-refractivity contribution in [1.82, 2.24) is 0 Å². The molecule has 0 amide bonds. The third kappa shape index (κ3) is 25.5. The number of benzene rings is 7. The molecule has 36 atom stereocenters. The number of nitrogens with zero attached hydrogens (tertiary/aromatic N) is 3. The smallest absolute Gasteiger partial charge is 0.338 e. The molecule has 32 heteroatoms. The number of aliphatic hydroxyl groups is 1. The summed E-state index contributed by atoms with van der Waals surface area (Å²) in [6.07, 6.45) is -25.1. The maximum atomic E-state index is 15.4. The van der Waals surface area contributed by atoms with E-state index in [1.54, 1.807) is 189 Å². The van der Waals surface area contributed by atoms with E-state index in [1.807, 2.05) is 113 Å². The van der Waals surface area contributed by atoms with Crippen molar-refractivity contribution in [3.63, 3.8) is 0 Å². The largest absolute Gasteiger partial charge is 0.459 e. The summed E-state index contributed by atoms with van der Waals surface area (Å²) in [5.74, 6) is -9.99. The molecule has 15 rings (SSSR count). The summed E-state index contributed by atoms with van der Waals surface area (Å²) in [6, 6.07) is 60.6. The Labute approximate surface area is 824 Å². The molecule has 0 saturated carbocycles.